The first-order chi connectivity index (χ1) is 13.7. The SMILES string of the molecule is COc1ccc(C[NH+](Cc2cccs2)C[C@H](O)C[NH+]2CCOCC2)cc1OC. The second-order valence-corrected chi connectivity index (χ2v) is 8.33. The van der Waals surface area contributed by atoms with E-state index in [1.54, 1.807) is 25.6 Å². The molecule has 28 heavy (non-hydrogen) atoms. The summed E-state index contributed by atoms with van der Waals surface area (Å²) in [6.07, 6.45) is -0.330. The van der Waals surface area contributed by atoms with Crippen molar-refractivity contribution in [2.45, 2.75) is 19.2 Å². The normalized spacial score (nSPS) is 17.2. The van der Waals surface area contributed by atoms with Crippen LogP contribution in [0.15, 0.2) is 35.7 Å². The van der Waals surface area contributed by atoms with Crippen molar-refractivity contribution in [2.24, 2.45) is 0 Å². The van der Waals surface area contributed by atoms with Crippen LogP contribution < -0.4 is 19.3 Å². The molecule has 154 valence electrons. The van der Waals surface area contributed by atoms with Gasteiger partial charge in [-0.05, 0) is 29.6 Å². The maximum absolute atomic E-state index is 10.7. The molecule has 0 amide bonds. The molecule has 3 N–H and O–H groups in total. The molecular formula is C21H32N2O4S+2. The highest BCUT2D eigenvalue weighted by Crippen LogP contribution is 2.27. The molecule has 1 unspecified atom stereocenters. The Morgan fingerprint density at radius 3 is 2.61 bits per heavy atom. The molecule has 2 aromatic rings. The van der Waals surface area contributed by atoms with Crippen LogP contribution >= 0.6 is 11.3 Å². The van der Waals surface area contributed by atoms with E-state index in [2.05, 4.69) is 23.6 Å². The molecule has 1 aromatic carbocycles. The minimum Gasteiger partial charge on any atom is -0.493 e. The fraction of sp³-hybridized carbons (Fsp3) is 0.524. The van der Waals surface area contributed by atoms with Crippen molar-refractivity contribution in [3.8, 4) is 11.5 Å². The molecule has 1 saturated heterocycles. The van der Waals surface area contributed by atoms with E-state index in [1.807, 2.05) is 12.1 Å². The van der Waals surface area contributed by atoms with Gasteiger partial charge in [0.1, 0.15) is 39.3 Å². The van der Waals surface area contributed by atoms with Gasteiger partial charge in [0.15, 0.2) is 17.6 Å². The maximum atomic E-state index is 10.7. The predicted octanol–water partition coefficient (Wildman–Crippen LogP) is -0.374. The number of aliphatic hydroxyl groups excluding tert-OH is 1. The summed E-state index contributed by atoms with van der Waals surface area (Å²) in [4.78, 5) is 4.11. The summed E-state index contributed by atoms with van der Waals surface area (Å²) in [5.74, 6) is 1.48. The fourth-order valence-electron chi connectivity index (χ4n) is 3.75. The average molecular weight is 409 g/mol. The first-order valence-electron chi connectivity index (χ1n) is 9.84. The van der Waals surface area contributed by atoms with Crippen LogP contribution in [0.4, 0.5) is 0 Å². The number of hydrogen-bond donors (Lipinski definition) is 3. The molecule has 0 radical (unpaired) electrons. The molecule has 0 spiro atoms. The van der Waals surface area contributed by atoms with Crippen molar-refractivity contribution < 1.29 is 29.1 Å². The van der Waals surface area contributed by atoms with Crippen molar-refractivity contribution in [1.29, 1.82) is 0 Å². The third-order valence-electron chi connectivity index (χ3n) is 5.15. The van der Waals surface area contributed by atoms with Crippen LogP contribution in [0.25, 0.3) is 0 Å². The first-order valence-corrected chi connectivity index (χ1v) is 10.7. The largest absolute Gasteiger partial charge is 0.493 e. The van der Waals surface area contributed by atoms with Crippen molar-refractivity contribution in [3.05, 3.63) is 46.2 Å². The van der Waals surface area contributed by atoms with Gasteiger partial charge in [-0.3, -0.25) is 0 Å². The van der Waals surface area contributed by atoms with E-state index in [4.69, 9.17) is 14.2 Å². The predicted molar refractivity (Wildman–Crippen MR) is 109 cm³/mol. The van der Waals surface area contributed by atoms with Crippen LogP contribution in [0.2, 0.25) is 0 Å². The zero-order chi connectivity index (χ0) is 19.8. The fourth-order valence-corrected chi connectivity index (χ4v) is 4.53. The van der Waals surface area contributed by atoms with E-state index >= 15 is 0 Å². The monoisotopic (exact) mass is 408 g/mol. The molecule has 2 heterocycles. The van der Waals surface area contributed by atoms with Gasteiger partial charge in [0.05, 0.1) is 32.3 Å². The Hall–Kier alpha value is -1.64. The number of methoxy groups -OCH3 is 2. The second-order valence-electron chi connectivity index (χ2n) is 7.30. The Bertz CT molecular complexity index is 704. The van der Waals surface area contributed by atoms with E-state index < -0.39 is 0 Å². The number of nitrogens with one attached hydrogen (secondary N) is 2. The van der Waals surface area contributed by atoms with E-state index in [9.17, 15) is 5.11 Å². The molecule has 0 aliphatic carbocycles. The summed E-state index contributed by atoms with van der Waals surface area (Å²) in [6, 6.07) is 10.3. The quantitative estimate of drug-likeness (QED) is 0.502. The minimum atomic E-state index is -0.330. The van der Waals surface area contributed by atoms with E-state index in [1.165, 1.54) is 20.2 Å². The molecule has 1 aliphatic rings. The van der Waals surface area contributed by atoms with Gasteiger partial charge in [-0.2, -0.15) is 0 Å². The lowest BCUT2D eigenvalue weighted by atomic mass is 10.1. The molecule has 3 rings (SSSR count). The number of quaternary nitrogens is 2. The van der Waals surface area contributed by atoms with Crippen molar-refractivity contribution in [2.75, 3.05) is 53.6 Å². The van der Waals surface area contributed by atoms with Crippen LogP contribution in [0.5, 0.6) is 11.5 Å². The van der Waals surface area contributed by atoms with Crippen LogP contribution in [0, 0.1) is 0 Å². The maximum Gasteiger partial charge on any atom is 0.161 e. The minimum absolute atomic E-state index is 0.330. The summed E-state index contributed by atoms with van der Waals surface area (Å²) < 4.78 is 16.2. The summed E-state index contributed by atoms with van der Waals surface area (Å²) in [5, 5.41) is 12.8. The Balaban J connectivity index is 1.66. The van der Waals surface area contributed by atoms with Gasteiger partial charge in [0, 0.05) is 5.56 Å². The second kappa shape index (κ2) is 10.8. The summed E-state index contributed by atoms with van der Waals surface area (Å²) in [7, 11) is 3.31. The summed E-state index contributed by atoms with van der Waals surface area (Å²) >= 11 is 1.77. The van der Waals surface area contributed by atoms with Gasteiger partial charge in [0.2, 0.25) is 0 Å². The van der Waals surface area contributed by atoms with E-state index in [0.717, 1.165) is 64.0 Å². The van der Waals surface area contributed by atoms with Crippen LogP contribution in [-0.2, 0) is 17.8 Å². The standard InChI is InChI=1S/C21H30N2O4S/c1-25-20-6-5-17(12-21(20)26-2)13-23(16-19-4-3-11-28-19)15-18(24)14-22-7-9-27-10-8-22/h3-6,11-12,18,24H,7-10,13-16H2,1-2H3/p+2/t18-/m1/s1. The summed E-state index contributed by atoms with van der Waals surface area (Å²) in [5.41, 5.74) is 1.18. The van der Waals surface area contributed by atoms with Gasteiger partial charge < -0.3 is 29.1 Å². The molecule has 7 heteroatoms. The summed E-state index contributed by atoms with van der Waals surface area (Å²) in [6.45, 7) is 6.77. The molecule has 1 aromatic heterocycles. The topological polar surface area (TPSA) is 56.8 Å². The van der Waals surface area contributed by atoms with Crippen LogP contribution in [0.1, 0.15) is 10.4 Å². The van der Waals surface area contributed by atoms with Crippen molar-refractivity contribution in [1.82, 2.24) is 0 Å². The molecule has 1 aliphatic heterocycles. The third-order valence-corrected chi connectivity index (χ3v) is 6.03. The number of morpholine rings is 1. The number of ether oxygens (including phenoxy) is 3. The molecular weight excluding hydrogens is 376 g/mol. The number of benzene rings is 1. The number of hydrogen-bond acceptors (Lipinski definition) is 5. The highest BCUT2D eigenvalue weighted by atomic mass is 32.1. The number of thiophene rings is 1. The molecule has 1 fully saturated rings. The zero-order valence-electron chi connectivity index (χ0n) is 16.8. The van der Waals surface area contributed by atoms with Crippen LogP contribution in [-0.4, -0.2) is 64.8 Å². The zero-order valence-corrected chi connectivity index (χ0v) is 17.6. The van der Waals surface area contributed by atoms with Crippen molar-refractivity contribution in [3.63, 3.8) is 0 Å². The Morgan fingerprint density at radius 1 is 1.14 bits per heavy atom. The Labute approximate surface area is 171 Å². The van der Waals surface area contributed by atoms with Crippen LogP contribution in [0.3, 0.4) is 0 Å². The number of rotatable bonds is 10. The molecule has 0 saturated carbocycles. The van der Waals surface area contributed by atoms with Gasteiger partial charge in [-0.25, -0.2) is 0 Å². The third kappa shape index (κ3) is 6.18. The highest BCUT2D eigenvalue weighted by molar-refractivity contribution is 7.09. The number of aliphatic hydroxyl groups is 1. The van der Waals surface area contributed by atoms with E-state index in [0.29, 0.717) is 0 Å². The van der Waals surface area contributed by atoms with Gasteiger partial charge in [-0.1, -0.05) is 6.07 Å². The van der Waals surface area contributed by atoms with Gasteiger partial charge in [-0.15, -0.1) is 11.3 Å². The molecule has 6 nitrogen and oxygen atoms in total. The lowest BCUT2D eigenvalue weighted by Crippen LogP contribution is -3.17. The Kier molecular flexibility index (Phi) is 8.12. The average Bonchev–Trinajstić information content (AvgIpc) is 3.21. The first kappa shape index (κ1) is 21.1. The molecule has 2 atom stereocenters. The highest BCUT2D eigenvalue weighted by Gasteiger charge is 2.23. The van der Waals surface area contributed by atoms with Crippen molar-refractivity contribution >= 4 is 11.3 Å². The lowest BCUT2D eigenvalue weighted by Gasteiger charge is -2.27. The van der Waals surface area contributed by atoms with E-state index in [-0.39, 0.29) is 6.10 Å². The lowest BCUT2D eigenvalue weighted by molar-refractivity contribution is -0.943. The smallest absolute Gasteiger partial charge is 0.161 e. The Morgan fingerprint density at radius 2 is 1.93 bits per heavy atom. The molecule has 0 bridgehead atoms. The van der Waals surface area contributed by atoms with Gasteiger partial charge in [0.25, 0.3) is 0 Å². The van der Waals surface area contributed by atoms with Gasteiger partial charge >= 0.3 is 0 Å².